The Hall–Kier alpha value is -2.44. The fourth-order valence-corrected chi connectivity index (χ4v) is 4.40. The second kappa shape index (κ2) is 7.76. The second-order valence-corrected chi connectivity index (χ2v) is 10.4. The highest BCUT2D eigenvalue weighted by atomic mass is 35.5. The lowest BCUT2D eigenvalue weighted by Crippen LogP contribution is -2.20. The van der Waals surface area contributed by atoms with Gasteiger partial charge in [-0.2, -0.15) is 5.10 Å². The van der Waals surface area contributed by atoms with Gasteiger partial charge in [0.25, 0.3) is 5.91 Å². The van der Waals surface area contributed by atoms with Crippen molar-refractivity contribution in [1.82, 2.24) is 5.01 Å². The molecule has 0 aliphatic carbocycles. The first kappa shape index (κ1) is 21.3. The number of nitrogens with zero attached hydrogens (tertiary/aromatic N) is 2. The molecule has 7 heteroatoms. The average molecular weight is 431 g/mol. The van der Waals surface area contributed by atoms with Gasteiger partial charge in [0.1, 0.15) is 0 Å². The normalized spacial score (nSPS) is 16.4. The van der Waals surface area contributed by atoms with Crippen LogP contribution < -0.4 is 0 Å². The SMILES string of the molecule is CN1N=C(CS(=O)(=O)c2ccc(Cl)cc2)/C(=C\c2ccc(C(C)(C)C)cc2)C1=O. The molecule has 1 aliphatic heterocycles. The number of hydrazone groups is 1. The van der Waals surface area contributed by atoms with Gasteiger partial charge < -0.3 is 0 Å². The van der Waals surface area contributed by atoms with Gasteiger partial charge in [0.2, 0.25) is 0 Å². The van der Waals surface area contributed by atoms with Crippen LogP contribution in [0.1, 0.15) is 31.9 Å². The Bertz CT molecular complexity index is 1090. The van der Waals surface area contributed by atoms with Gasteiger partial charge in [-0.05, 0) is 46.9 Å². The third-order valence-electron chi connectivity index (χ3n) is 4.69. The number of halogens is 1. The van der Waals surface area contributed by atoms with Crippen molar-refractivity contribution in [2.24, 2.45) is 5.10 Å². The van der Waals surface area contributed by atoms with Crippen molar-refractivity contribution in [2.75, 3.05) is 12.8 Å². The van der Waals surface area contributed by atoms with E-state index in [0.717, 1.165) is 5.56 Å². The molecule has 1 heterocycles. The van der Waals surface area contributed by atoms with Gasteiger partial charge >= 0.3 is 0 Å². The maximum atomic E-state index is 12.8. The zero-order valence-electron chi connectivity index (χ0n) is 16.8. The summed E-state index contributed by atoms with van der Waals surface area (Å²) in [5.41, 5.74) is 2.52. The number of carbonyl (C=O) groups is 1. The Morgan fingerprint density at radius 2 is 1.62 bits per heavy atom. The third kappa shape index (κ3) is 4.77. The molecule has 1 aliphatic rings. The fourth-order valence-electron chi connectivity index (χ4n) is 2.98. The van der Waals surface area contributed by atoms with E-state index >= 15 is 0 Å². The van der Waals surface area contributed by atoms with Crippen molar-refractivity contribution in [3.8, 4) is 0 Å². The van der Waals surface area contributed by atoms with E-state index in [1.54, 1.807) is 6.08 Å². The van der Waals surface area contributed by atoms with Crippen molar-refractivity contribution >= 4 is 39.1 Å². The maximum Gasteiger partial charge on any atom is 0.275 e. The van der Waals surface area contributed by atoms with Crippen LogP contribution in [0.3, 0.4) is 0 Å². The highest BCUT2D eigenvalue weighted by molar-refractivity contribution is 7.92. The molecule has 29 heavy (non-hydrogen) atoms. The first-order valence-corrected chi connectivity index (χ1v) is 11.2. The standard InChI is InChI=1S/C22H23ClN2O3S/c1-22(2,3)16-7-5-15(6-8-16)13-19-20(24-25(4)21(19)26)14-29(27,28)18-11-9-17(23)10-12-18/h5-13H,14H2,1-4H3/b19-13+. The summed E-state index contributed by atoms with van der Waals surface area (Å²) in [5, 5.41) is 5.78. The van der Waals surface area contributed by atoms with Crippen molar-refractivity contribution in [2.45, 2.75) is 31.1 Å². The van der Waals surface area contributed by atoms with Crippen LogP contribution in [-0.4, -0.2) is 37.8 Å². The predicted octanol–water partition coefficient (Wildman–Crippen LogP) is 4.32. The van der Waals surface area contributed by atoms with Crippen molar-refractivity contribution in [1.29, 1.82) is 0 Å². The van der Waals surface area contributed by atoms with Crippen LogP contribution in [-0.2, 0) is 20.0 Å². The number of amides is 1. The van der Waals surface area contributed by atoms with E-state index in [4.69, 9.17) is 11.6 Å². The molecule has 0 unspecified atom stereocenters. The van der Waals surface area contributed by atoms with Gasteiger partial charge in [0.15, 0.2) is 9.84 Å². The highest BCUT2D eigenvalue weighted by Crippen LogP contribution is 2.25. The molecule has 0 atom stereocenters. The lowest BCUT2D eigenvalue weighted by atomic mass is 9.86. The minimum absolute atomic E-state index is 0.0222. The van der Waals surface area contributed by atoms with E-state index in [1.807, 2.05) is 24.3 Å². The molecule has 152 valence electrons. The molecule has 0 saturated carbocycles. The zero-order chi connectivity index (χ0) is 21.4. The summed E-state index contributed by atoms with van der Waals surface area (Å²) in [7, 11) is -2.15. The summed E-state index contributed by atoms with van der Waals surface area (Å²) in [6.45, 7) is 6.38. The fraction of sp³-hybridized carbons (Fsp3) is 0.273. The monoisotopic (exact) mass is 430 g/mol. The zero-order valence-corrected chi connectivity index (χ0v) is 18.4. The number of rotatable bonds is 4. The summed E-state index contributed by atoms with van der Waals surface area (Å²) in [6, 6.07) is 13.8. The van der Waals surface area contributed by atoms with Crippen LogP contribution >= 0.6 is 11.6 Å². The molecule has 5 nitrogen and oxygen atoms in total. The topological polar surface area (TPSA) is 66.8 Å². The van der Waals surface area contributed by atoms with E-state index in [-0.39, 0.29) is 33.3 Å². The Morgan fingerprint density at radius 3 is 2.17 bits per heavy atom. The van der Waals surface area contributed by atoms with E-state index in [1.165, 1.54) is 41.9 Å². The van der Waals surface area contributed by atoms with E-state index < -0.39 is 9.84 Å². The van der Waals surface area contributed by atoms with Gasteiger partial charge in [-0.3, -0.25) is 4.79 Å². The lowest BCUT2D eigenvalue weighted by molar-refractivity contribution is -0.124. The minimum Gasteiger partial charge on any atom is -0.267 e. The lowest BCUT2D eigenvalue weighted by Gasteiger charge is -2.18. The molecule has 0 fully saturated rings. The van der Waals surface area contributed by atoms with Gasteiger partial charge in [-0.15, -0.1) is 0 Å². The maximum absolute atomic E-state index is 12.8. The predicted molar refractivity (Wildman–Crippen MR) is 117 cm³/mol. The van der Waals surface area contributed by atoms with E-state index in [0.29, 0.717) is 5.02 Å². The number of hydrogen-bond donors (Lipinski definition) is 0. The van der Waals surface area contributed by atoms with E-state index in [2.05, 4.69) is 25.9 Å². The Balaban J connectivity index is 1.92. The van der Waals surface area contributed by atoms with Crippen LogP contribution in [0.5, 0.6) is 0 Å². The molecule has 0 saturated heterocycles. The first-order valence-electron chi connectivity index (χ1n) is 9.14. The van der Waals surface area contributed by atoms with Crippen molar-refractivity contribution in [3.05, 3.63) is 70.3 Å². The molecule has 0 radical (unpaired) electrons. The highest BCUT2D eigenvalue weighted by Gasteiger charge is 2.31. The summed E-state index contributed by atoms with van der Waals surface area (Å²) in [6.07, 6.45) is 1.69. The van der Waals surface area contributed by atoms with Gasteiger partial charge in [0.05, 0.1) is 21.9 Å². The molecule has 0 spiro atoms. The quantitative estimate of drug-likeness (QED) is 0.678. The van der Waals surface area contributed by atoms with Crippen molar-refractivity contribution < 1.29 is 13.2 Å². The number of hydrogen-bond acceptors (Lipinski definition) is 4. The molecule has 1 amide bonds. The first-order chi connectivity index (χ1) is 13.5. The molecule has 0 bridgehead atoms. The summed E-state index contributed by atoms with van der Waals surface area (Å²) in [4.78, 5) is 12.7. The van der Waals surface area contributed by atoms with Crippen LogP contribution in [0, 0.1) is 0 Å². The average Bonchev–Trinajstić information content (AvgIpc) is 2.89. The minimum atomic E-state index is -3.67. The van der Waals surface area contributed by atoms with Crippen molar-refractivity contribution in [3.63, 3.8) is 0 Å². The van der Waals surface area contributed by atoms with Crippen LogP contribution in [0.4, 0.5) is 0 Å². The summed E-state index contributed by atoms with van der Waals surface area (Å²) < 4.78 is 25.6. The van der Waals surface area contributed by atoms with Gasteiger partial charge in [-0.1, -0.05) is 56.6 Å². The molecule has 0 N–H and O–H groups in total. The molecular weight excluding hydrogens is 408 g/mol. The molecule has 0 aromatic heterocycles. The largest absolute Gasteiger partial charge is 0.275 e. The smallest absolute Gasteiger partial charge is 0.267 e. The van der Waals surface area contributed by atoms with Crippen LogP contribution in [0.25, 0.3) is 6.08 Å². The van der Waals surface area contributed by atoms with E-state index in [9.17, 15) is 13.2 Å². The van der Waals surface area contributed by atoms with Crippen LogP contribution in [0.15, 0.2) is 64.1 Å². The molecule has 2 aromatic carbocycles. The van der Waals surface area contributed by atoms with Gasteiger partial charge in [0, 0.05) is 12.1 Å². The third-order valence-corrected chi connectivity index (χ3v) is 6.59. The second-order valence-electron chi connectivity index (χ2n) is 8.02. The number of benzene rings is 2. The summed E-state index contributed by atoms with van der Waals surface area (Å²) >= 11 is 5.84. The van der Waals surface area contributed by atoms with Crippen LogP contribution in [0.2, 0.25) is 5.02 Å². The summed E-state index contributed by atoms with van der Waals surface area (Å²) in [5.74, 6) is -0.692. The number of sulfone groups is 1. The Kier molecular flexibility index (Phi) is 5.70. The van der Waals surface area contributed by atoms with Gasteiger partial charge in [-0.25, -0.2) is 13.4 Å². The Morgan fingerprint density at radius 1 is 1.03 bits per heavy atom. The number of carbonyl (C=O) groups excluding carboxylic acids is 1. The molecule has 2 aromatic rings. The number of likely N-dealkylation sites (N-methyl/N-ethyl adjacent to an activating group) is 1. The molecule has 3 rings (SSSR count). The molecular formula is C22H23ClN2O3S. The Labute approximate surface area is 176 Å².